The SMILES string of the molecule is O=C1N[C@H]([C@@H]2C[C@H]3C=C[C@H]2C3)Nc2ccccc21. The number of carbonyl (C=O) groups excluding carboxylic acids is 1. The maximum atomic E-state index is 12.1. The number of para-hydroxylation sites is 1. The number of allylic oxidation sites excluding steroid dienone is 2. The van der Waals surface area contributed by atoms with E-state index in [0.29, 0.717) is 11.8 Å². The summed E-state index contributed by atoms with van der Waals surface area (Å²) in [5, 5.41) is 6.60. The van der Waals surface area contributed by atoms with Gasteiger partial charge in [-0.3, -0.25) is 4.79 Å². The number of hydrogen-bond acceptors (Lipinski definition) is 2. The highest BCUT2D eigenvalue weighted by molar-refractivity contribution is 6.01. The van der Waals surface area contributed by atoms with Crippen LogP contribution in [0.1, 0.15) is 23.2 Å². The summed E-state index contributed by atoms with van der Waals surface area (Å²) in [7, 11) is 0. The molecule has 1 fully saturated rings. The van der Waals surface area contributed by atoms with Gasteiger partial charge in [-0.15, -0.1) is 0 Å². The van der Waals surface area contributed by atoms with E-state index < -0.39 is 0 Å². The molecule has 0 saturated heterocycles. The topological polar surface area (TPSA) is 41.1 Å². The van der Waals surface area contributed by atoms with Gasteiger partial charge in [-0.05, 0) is 36.8 Å². The molecule has 1 amide bonds. The summed E-state index contributed by atoms with van der Waals surface area (Å²) in [5.74, 6) is 1.97. The largest absolute Gasteiger partial charge is 0.364 e. The molecule has 1 aromatic rings. The predicted octanol–water partition coefficient (Wildman–Crippen LogP) is 2.38. The highest BCUT2D eigenvalue weighted by Crippen LogP contribution is 2.45. The molecule has 1 aliphatic heterocycles. The second-order valence-corrected chi connectivity index (χ2v) is 5.59. The number of carbonyl (C=O) groups is 1. The molecule has 0 aromatic heterocycles. The maximum absolute atomic E-state index is 12.1. The Morgan fingerprint density at radius 2 is 1.94 bits per heavy atom. The molecule has 1 aromatic carbocycles. The number of benzene rings is 1. The summed E-state index contributed by atoms with van der Waals surface area (Å²) in [6.07, 6.45) is 7.21. The maximum Gasteiger partial charge on any atom is 0.254 e. The molecule has 18 heavy (non-hydrogen) atoms. The van der Waals surface area contributed by atoms with Gasteiger partial charge in [-0.2, -0.15) is 0 Å². The number of nitrogens with one attached hydrogen (secondary N) is 2. The lowest BCUT2D eigenvalue weighted by atomic mass is 9.89. The zero-order chi connectivity index (χ0) is 12.1. The van der Waals surface area contributed by atoms with E-state index in [4.69, 9.17) is 0 Å². The Kier molecular flexibility index (Phi) is 2.04. The molecule has 3 aliphatic rings. The average molecular weight is 240 g/mol. The van der Waals surface area contributed by atoms with E-state index in [2.05, 4.69) is 22.8 Å². The van der Waals surface area contributed by atoms with Crippen molar-refractivity contribution in [3.63, 3.8) is 0 Å². The van der Waals surface area contributed by atoms with Crippen LogP contribution in [-0.2, 0) is 0 Å². The number of amides is 1. The summed E-state index contributed by atoms with van der Waals surface area (Å²) in [6, 6.07) is 7.74. The zero-order valence-electron chi connectivity index (χ0n) is 10.1. The summed E-state index contributed by atoms with van der Waals surface area (Å²) in [5.41, 5.74) is 1.73. The van der Waals surface area contributed by atoms with Gasteiger partial charge in [0.25, 0.3) is 5.91 Å². The molecule has 0 spiro atoms. The third-order valence-corrected chi connectivity index (χ3v) is 4.53. The molecule has 2 N–H and O–H groups in total. The van der Waals surface area contributed by atoms with Crippen molar-refractivity contribution >= 4 is 11.6 Å². The summed E-state index contributed by atoms with van der Waals surface area (Å²) < 4.78 is 0. The first kappa shape index (κ1) is 10.2. The Hall–Kier alpha value is -1.77. The second kappa shape index (κ2) is 3.61. The van der Waals surface area contributed by atoms with Crippen LogP contribution in [0.4, 0.5) is 5.69 Å². The van der Waals surface area contributed by atoms with E-state index in [0.717, 1.165) is 17.2 Å². The Labute approximate surface area is 106 Å². The van der Waals surface area contributed by atoms with Crippen LogP contribution in [0.25, 0.3) is 0 Å². The fourth-order valence-corrected chi connectivity index (χ4v) is 3.65. The van der Waals surface area contributed by atoms with Crippen LogP contribution in [0.15, 0.2) is 36.4 Å². The molecule has 2 bridgehead atoms. The van der Waals surface area contributed by atoms with E-state index in [1.165, 1.54) is 12.8 Å². The van der Waals surface area contributed by atoms with Crippen molar-refractivity contribution in [1.82, 2.24) is 5.32 Å². The minimum absolute atomic E-state index is 0.0566. The monoisotopic (exact) mass is 240 g/mol. The first-order chi connectivity index (χ1) is 8.81. The van der Waals surface area contributed by atoms with Gasteiger partial charge >= 0.3 is 0 Å². The molecule has 4 rings (SSSR count). The molecular formula is C15H16N2O. The molecule has 2 aliphatic carbocycles. The van der Waals surface area contributed by atoms with Gasteiger partial charge in [0.05, 0.1) is 5.56 Å². The lowest BCUT2D eigenvalue weighted by Gasteiger charge is -2.34. The highest BCUT2D eigenvalue weighted by Gasteiger charge is 2.42. The average Bonchev–Trinajstić information content (AvgIpc) is 3.01. The van der Waals surface area contributed by atoms with Crippen molar-refractivity contribution in [3.05, 3.63) is 42.0 Å². The van der Waals surface area contributed by atoms with Crippen molar-refractivity contribution in [3.8, 4) is 0 Å². The lowest BCUT2D eigenvalue weighted by molar-refractivity contribution is 0.0917. The molecule has 3 heteroatoms. The first-order valence-electron chi connectivity index (χ1n) is 6.66. The minimum Gasteiger partial charge on any atom is -0.364 e. The minimum atomic E-state index is 0.0566. The molecule has 0 unspecified atom stereocenters. The van der Waals surface area contributed by atoms with Crippen molar-refractivity contribution < 1.29 is 4.79 Å². The number of hydrogen-bond donors (Lipinski definition) is 2. The molecule has 0 radical (unpaired) electrons. The van der Waals surface area contributed by atoms with Crippen molar-refractivity contribution in [1.29, 1.82) is 0 Å². The van der Waals surface area contributed by atoms with Gasteiger partial charge in [-0.1, -0.05) is 24.3 Å². The molecule has 4 atom stereocenters. The molecule has 1 heterocycles. The predicted molar refractivity (Wildman–Crippen MR) is 70.2 cm³/mol. The lowest BCUT2D eigenvalue weighted by Crippen LogP contribution is -2.50. The van der Waals surface area contributed by atoms with Crippen LogP contribution in [-0.4, -0.2) is 12.1 Å². The van der Waals surface area contributed by atoms with Gasteiger partial charge in [0.1, 0.15) is 6.17 Å². The fraction of sp³-hybridized carbons (Fsp3) is 0.400. The van der Waals surface area contributed by atoms with Gasteiger partial charge in [0, 0.05) is 11.6 Å². The first-order valence-corrected chi connectivity index (χ1v) is 6.66. The van der Waals surface area contributed by atoms with Crippen LogP contribution in [0.2, 0.25) is 0 Å². The standard InChI is InChI=1S/C15H16N2O/c18-15-11-3-1-2-4-13(11)16-14(17-15)12-8-9-5-6-10(12)7-9/h1-6,9-10,12,14,16H,7-8H2,(H,17,18)/t9-,10-,12+,14+/m0/s1. The van der Waals surface area contributed by atoms with Crippen LogP contribution in [0.5, 0.6) is 0 Å². The van der Waals surface area contributed by atoms with Crippen LogP contribution in [0, 0.1) is 17.8 Å². The fourth-order valence-electron chi connectivity index (χ4n) is 3.65. The Bertz CT molecular complexity index is 537. The highest BCUT2D eigenvalue weighted by atomic mass is 16.2. The molecule has 3 nitrogen and oxygen atoms in total. The summed E-state index contributed by atoms with van der Waals surface area (Å²) in [6.45, 7) is 0. The number of anilines is 1. The van der Waals surface area contributed by atoms with Crippen LogP contribution < -0.4 is 10.6 Å². The summed E-state index contributed by atoms with van der Waals surface area (Å²) in [4.78, 5) is 12.1. The summed E-state index contributed by atoms with van der Waals surface area (Å²) >= 11 is 0. The van der Waals surface area contributed by atoms with Gasteiger partial charge in [0.15, 0.2) is 0 Å². The van der Waals surface area contributed by atoms with Crippen LogP contribution in [0.3, 0.4) is 0 Å². The van der Waals surface area contributed by atoms with E-state index >= 15 is 0 Å². The van der Waals surface area contributed by atoms with E-state index in [-0.39, 0.29) is 12.1 Å². The normalized spacial score (nSPS) is 36.1. The smallest absolute Gasteiger partial charge is 0.254 e. The number of rotatable bonds is 1. The second-order valence-electron chi connectivity index (χ2n) is 5.59. The third-order valence-electron chi connectivity index (χ3n) is 4.53. The van der Waals surface area contributed by atoms with Crippen molar-refractivity contribution in [2.24, 2.45) is 17.8 Å². The molecular weight excluding hydrogens is 224 g/mol. The van der Waals surface area contributed by atoms with Crippen molar-refractivity contribution in [2.75, 3.05) is 5.32 Å². The van der Waals surface area contributed by atoms with Gasteiger partial charge < -0.3 is 10.6 Å². The van der Waals surface area contributed by atoms with Crippen molar-refractivity contribution in [2.45, 2.75) is 19.0 Å². The zero-order valence-corrected chi connectivity index (χ0v) is 10.1. The third kappa shape index (κ3) is 1.40. The van der Waals surface area contributed by atoms with E-state index in [9.17, 15) is 4.79 Å². The Morgan fingerprint density at radius 3 is 2.72 bits per heavy atom. The van der Waals surface area contributed by atoms with E-state index in [1.807, 2.05) is 24.3 Å². The van der Waals surface area contributed by atoms with Gasteiger partial charge in [-0.25, -0.2) is 0 Å². The van der Waals surface area contributed by atoms with E-state index in [1.54, 1.807) is 0 Å². The Morgan fingerprint density at radius 1 is 1.06 bits per heavy atom. The Balaban J connectivity index is 1.63. The molecule has 92 valence electrons. The number of fused-ring (bicyclic) bond motifs is 3. The molecule has 1 saturated carbocycles. The van der Waals surface area contributed by atoms with Crippen LogP contribution >= 0.6 is 0 Å². The van der Waals surface area contributed by atoms with Gasteiger partial charge in [0.2, 0.25) is 0 Å². The quantitative estimate of drug-likeness (QED) is 0.740.